The zero-order chi connectivity index (χ0) is 26.7. The van der Waals surface area contributed by atoms with E-state index < -0.39 is 15.8 Å². The zero-order valence-corrected chi connectivity index (χ0v) is 21.8. The molecule has 12 heteroatoms. The second-order valence-corrected chi connectivity index (χ2v) is 10.9. The molecule has 2 aliphatic rings. The Labute approximate surface area is 224 Å². The summed E-state index contributed by atoms with van der Waals surface area (Å²) < 4.78 is 57.1. The van der Waals surface area contributed by atoms with E-state index in [-0.39, 0.29) is 40.7 Å². The van der Waals surface area contributed by atoms with Gasteiger partial charge in [-0.2, -0.15) is 0 Å². The van der Waals surface area contributed by atoms with Gasteiger partial charge in [0.15, 0.2) is 18.1 Å². The van der Waals surface area contributed by atoms with Crippen LogP contribution in [0.4, 0.5) is 10.1 Å². The number of sulfonamides is 1. The lowest BCUT2D eigenvalue weighted by Gasteiger charge is -2.34. The number of rotatable bonds is 8. The highest BCUT2D eigenvalue weighted by atomic mass is 35.5. The van der Waals surface area contributed by atoms with Gasteiger partial charge in [-0.25, -0.2) is 12.8 Å². The minimum absolute atomic E-state index is 0.0494. The minimum atomic E-state index is -3.95. The first-order valence-corrected chi connectivity index (χ1v) is 13.7. The second kappa shape index (κ2) is 11.1. The van der Waals surface area contributed by atoms with E-state index in [2.05, 4.69) is 9.62 Å². The maximum Gasteiger partial charge on any atom is 0.261 e. The lowest BCUT2D eigenvalue weighted by Crippen LogP contribution is -2.49. The molecule has 3 aromatic carbocycles. The fraction of sp³-hybridized carbons (Fsp3) is 0.269. The summed E-state index contributed by atoms with van der Waals surface area (Å²) in [6.07, 6.45) is 0. The summed E-state index contributed by atoms with van der Waals surface area (Å²) in [4.78, 5) is 16.6. The van der Waals surface area contributed by atoms with Crippen molar-refractivity contribution >= 4 is 33.2 Å². The van der Waals surface area contributed by atoms with Crippen molar-refractivity contribution in [3.8, 4) is 17.2 Å². The van der Waals surface area contributed by atoms with Crippen LogP contribution in [-0.2, 0) is 21.4 Å². The number of halogens is 2. The third kappa shape index (κ3) is 6.12. The Balaban J connectivity index is 1.11. The number of hydrogen-bond acceptors (Lipinski definition) is 7. The van der Waals surface area contributed by atoms with Crippen molar-refractivity contribution in [2.24, 2.45) is 0 Å². The highest BCUT2D eigenvalue weighted by molar-refractivity contribution is 7.92. The Hall–Kier alpha value is -3.54. The van der Waals surface area contributed by atoms with Gasteiger partial charge in [-0.15, -0.1) is 0 Å². The van der Waals surface area contributed by atoms with Crippen LogP contribution < -0.4 is 18.9 Å². The number of nitrogens with zero attached hydrogens (tertiary/aromatic N) is 2. The fourth-order valence-corrected chi connectivity index (χ4v) is 5.57. The van der Waals surface area contributed by atoms with E-state index in [0.717, 1.165) is 35.7 Å². The van der Waals surface area contributed by atoms with Crippen LogP contribution in [0.1, 0.15) is 5.56 Å². The van der Waals surface area contributed by atoms with Crippen LogP contribution in [0, 0.1) is 5.82 Å². The van der Waals surface area contributed by atoms with Crippen LogP contribution >= 0.6 is 11.6 Å². The number of benzene rings is 3. The topological polar surface area (TPSA) is 97.4 Å². The van der Waals surface area contributed by atoms with Crippen molar-refractivity contribution in [1.82, 2.24) is 9.80 Å². The second-order valence-electron chi connectivity index (χ2n) is 8.84. The van der Waals surface area contributed by atoms with Crippen molar-refractivity contribution in [3.05, 3.63) is 77.1 Å². The molecule has 0 spiro atoms. The average Bonchev–Trinajstić information content (AvgIpc) is 3.37. The van der Waals surface area contributed by atoms with Gasteiger partial charge in [0, 0.05) is 38.4 Å². The van der Waals surface area contributed by atoms with Gasteiger partial charge in [-0.3, -0.25) is 14.4 Å². The summed E-state index contributed by atoms with van der Waals surface area (Å²) in [6, 6.07) is 14.8. The molecule has 0 bridgehead atoms. The summed E-state index contributed by atoms with van der Waals surface area (Å²) in [5.41, 5.74) is 1.33. The summed E-state index contributed by atoms with van der Waals surface area (Å²) >= 11 is 6.24. The lowest BCUT2D eigenvalue weighted by atomic mass is 10.1. The van der Waals surface area contributed by atoms with E-state index >= 15 is 0 Å². The Morgan fingerprint density at radius 3 is 2.45 bits per heavy atom. The Kier molecular flexibility index (Phi) is 7.59. The number of nitrogens with one attached hydrogen (secondary N) is 1. The number of anilines is 1. The van der Waals surface area contributed by atoms with Gasteiger partial charge in [-0.1, -0.05) is 17.7 Å². The smallest absolute Gasteiger partial charge is 0.261 e. The average molecular weight is 562 g/mol. The zero-order valence-electron chi connectivity index (χ0n) is 20.2. The highest BCUT2D eigenvalue weighted by Gasteiger charge is 2.23. The molecule has 0 aromatic heterocycles. The van der Waals surface area contributed by atoms with Crippen LogP contribution in [0.2, 0.25) is 5.02 Å². The molecule has 200 valence electrons. The lowest BCUT2D eigenvalue weighted by molar-refractivity contribution is -0.135. The van der Waals surface area contributed by atoms with Gasteiger partial charge in [0.25, 0.3) is 15.9 Å². The van der Waals surface area contributed by atoms with Crippen LogP contribution in [0.5, 0.6) is 17.2 Å². The third-order valence-corrected chi connectivity index (χ3v) is 7.90. The maximum absolute atomic E-state index is 13.1. The van der Waals surface area contributed by atoms with E-state index in [0.29, 0.717) is 26.2 Å². The monoisotopic (exact) mass is 561 g/mol. The van der Waals surface area contributed by atoms with Crippen molar-refractivity contribution in [3.63, 3.8) is 0 Å². The molecule has 0 aliphatic carbocycles. The molecule has 0 radical (unpaired) electrons. The standard InChI is InChI=1S/C26H25ClFN3O6S/c27-22-14-21(38(33,34)29-20-4-2-19(28)3-5-20)6-8-23(22)35-16-26(32)31-11-9-30(10-12-31)15-18-1-7-24-25(13-18)37-17-36-24/h1-8,13-14,29H,9-12,15-17H2. The Bertz CT molecular complexity index is 1430. The van der Waals surface area contributed by atoms with E-state index in [9.17, 15) is 17.6 Å². The first-order chi connectivity index (χ1) is 18.3. The van der Waals surface area contributed by atoms with Crippen LogP contribution in [-0.4, -0.2) is 63.7 Å². The molecule has 5 rings (SSSR count). The number of amides is 1. The van der Waals surface area contributed by atoms with Gasteiger partial charge < -0.3 is 19.1 Å². The minimum Gasteiger partial charge on any atom is -0.482 e. The molecule has 3 aromatic rings. The molecule has 0 atom stereocenters. The summed E-state index contributed by atoms with van der Waals surface area (Å²) in [5, 5.41) is 0.0494. The number of fused-ring (bicyclic) bond motifs is 1. The Morgan fingerprint density at radius 2 is 1.71 bits per heavy atom. The van der Waals surface area contributed by atoms with Crippen LogP contribution in [0.15, 0.2) is 65.6 Å². The molecular weight excluding hydrogens is 537 g/mol. The van der Waals surface area contributed by atoms with Crippen LogP contribution in [0.3, 0.4) is 0 Å². The molecule has 2 heterocycles. The Morgan fingerprint density at radius 1 is 0.974 bits per heavy atom. The fourth-order valence-electron chi connectivity index (χ4n) is 4.18. The number of hydrogen-bond donors (Lipinski definition) is 1. The van der Waals surface area contributed by atoms with Crippen molar-refractivity contribution in [1.29, 1.82) is 0 Å². The molecule has 0 unspecified atom stereocenters. The quantitative estimate of drug-likeness (QED) is 0.447. The maximum atomic E-state index is 13.1. The van der Waals surface area contributed by atoms with Gasteiger partial charge in [-0.05, 0) is 60.2 Å². The number of ether oxygens (including phenoxy) is 3. The highest BCUT2D eigenvalue weighted by Crippen LogP contribution is 2.33. The molecular formula is C26H25ClFN3O6S. The SMILES string of the molecule is O=C(COc1ccc(S(=O)(=O)Nc2ccc(F)cc2)cc1Cl)N1CCN(Cc2ccc3c(c2)OCO3)CC1. The largest absolute Gasteiger partial charge is 0.482 e. The number of carbonyl (C=O) groups excluding carboxylic acids is 1. The van der Waals surface area contributed by atoms with Crippen molar-refractivity contribution in [2.75, 3.05) is 44.3 Å². The molecule has 1 amide bonds. The van der Waals surface area contributed by atoms with E-state index in [1.165, 1.54) is 30.3 Å². The van der Waals surface area contributed by atoms with Crippen LogP contribution in [0.25, 0.3) is 0 Å². The van der Waals surface area contributed by atoms with E-state index in [1.54, 1.807) is 4.90 Å². The predicted molar refractivity (Wildman–Crippen MR) is 139 cm³/mol. The van der Waals surface area contributed by atoms with Crippen molar-refractivity contribution in [2.45, 2.75) is 11.4 Å². The summed E-state index contributed by atoms with van der Waals surface area (Å²) in [6.45, 7) is 3.32. The van der Waals surface area contributed by atoms with E-state index in [1.807, 2.05) is 18.2 Å². The number of piperazine rings is 1. The molecule has 1 fully saturated rings. The van der Waals surface area contributed by atoms with Gasteiger partial charge in [0.05, 0.1) is 9.92 Å². The van der Waals surface area contributed by atoms with Gasteiger partial charge in [0.1, 0.15) is 11.6 Å². The molecule has 9 nitrogen and oxygen atoms in total. The normalized spacial score (nSPS) is 15.4. The summed E-state index contributed by atoms with van der Waals surface area (Å²) in [7, 11) is -3.95. The molecule has 0 saturated carbocycles. The first kappa shape index (κ1) is 26.1. The molecule has 38 heavy (non-hydrogen) atoms. The van der Waals surface area contributed by atoms with Gasteiger partial charge in [0.2, 0.25) is 6.79 Å². The van der Waals surface area contributed by atoms with Gasteiger partial charge >= 0.3 is 0 Å². The van der Waals surface area contributed by atoms with Crippen molar-refractivity contribution < 1.29 is 31.8 Å². The summed E-state index contributed by atoms with van der Waals surface area (Å²) in [5.74, 6) is 1.04. The number of carbonyl (C=O) groups is 1. The molecule has 1 N–H and O–H groups in total. The third-order valence-electron chi connectivity index (χ3n) is 6.23. The molecule has 1 saturated heterocycles. The first-order valence-electron chi connectivity index (χ1n) is 11.9. The predicted octanol–water partition coefficient (Wildman–Crippen LogP) is 3.73. The molecule has 2 aliphatic heterocycles. The van der Waals surface area contributed by atoms with E-state index in [4.69, 9.17) is 25.8 Å².